The third-order valence-electron chi connectivity index (χ3n) is 8.38. The fourth-order valence-corrected chi connectivity index (χ4v) is 6.10. The molecule has 36 heavy (non-hydrogen) atoms. The number of imidazole rings is 1. The second kappa shape index (κ2) is 9.12. The highest BCUT2D eigenvalue weighted by molar-refractivity contribution is 5.84. The SMILES string of the molecule is Cc1nc2ccccc2n1CCC(=O)N1CCC2(CC1)C[C@H]2C(=O)NCCc1c[nH]c2ccccc12. The number of nitrogens with one attached hydrogen (secondary N) is 2. The van der Waals surface area contributed by atoms with Gasteiger partial charge in [-0.05, 0) is 61.8 Å². The molecule has 2 aromatic carbocycles. The lowest BCUT2D eigenvalue weighted by molar-refractivity contribution is -0.133. The first-order valence-corrected chi connectivity index (χ1v) is 13.1. The van der Waals surface area contributed by atoms with Crippen molar-refractivity contribution in [2.24, 2.45) is 11.3 Å². The van der Waals surface area contributed by atoms with Crippen LogP contribution in [0.1, 0.15) is 37.1 Å². The van der Waals surface area contributed by atoms with E-state index in [1.807, 2.05) is 48.4 Å². The molecule has 1 spiro atoms. The zero-order valence-electron chi connectivity index (χ0n) is 20.8. The Morgan fingerprint density at radius 3 is 2.75 bits per heavy atom. The van der Waals surface area contributed by atoms with Gasteiger partial charge in [0.25, 0.3) is 0 Å². The van der Waals surface area contributed by atoms with Crippen molar-refractivity contribution in [1.29, 1.82) is 0 Å². The summed E-state index contributed by atoms with van der Waals surface area (Å²) in [6.45, 7) is 4.80. The maximum absolute atomic E-state index is 12.9. The summed E-state index contributed by atoms with van der Waals surface area (Å²) in [6.07, 6.45) is 6.14. The van der Waals surface area contributed by atoms with Gasteiger partial charge in [0.2, 0.25) is 11.8 Å². The Bertz CT molecular complexity index is 1430. The second-order valence-corrected chi connectivity index (χ2v) is 10.4. The number of H-pyrrole nitrogens is 1. The highest BCUT2D eigenvalue weighted by Gasteiger charge is 2.58. The molecule has 2 N–H and O–H groups in total. The minimum atomic E-state index is 0.0951. The van der Waals surface area contributed by atoms with E-state index in [-0.39, 0.29) is 23.1 Å². The Balaban J connectivity index is 0.967. The van der Waals surface area contributed by atoms with E-state index in [0.717, 1.165) is 61.1 Å². The summed E-state index contributed by atoms with van der Waals surface area (Å²) in [5.41, 5.74) is 4.52. The first kappa shape index (κ1) is 22.8. The van der Waals surface area contributed by atoms with E-state index in [2.05, 4.69) is 38.1 Å². The molecule has 1 aliphatic heterocycles. The number of amides is 2. The van der Waals surface area contributed by atoms with Crippen molar-refractivity contribution >= 4 is 33.8 Å². The number of carbonyl (C=O) groups is 2. The molecule has 7 heteroatoms. The predicted molar refractivity (Wildman–Crippen MR) is 140 cm³/mol. The van der Waals surface area contributed by atoms with Crippen LogP contribution < -0.4 is 5.32 Å². The number of piperidine rings is 1. The molecular formula is C29H33N5O2. The average molecular weight is 484 g/mol. The molecule has 6 rings (SSSR count). The Morgan fingerprint density at radius 2 is 1.89 bits per heavy atom. The molecule has 1 saturated carbocycles. The summed E-state index contributed by atoms with van der Waals surface area (Å²) in [5.74, 6) is 1.41. The molecule has 1 aliphatic carbocycles. The number of aromatic nitrogens is 3. The van der Waals surface area contributed by atoms with Crippen molar-refractivity contribution in [2.75, 3.05) is 19.6 Å². The van der Waals surface area contributed by atoms with Crippen LogP contribution in [0.4, 0.5) is 0 Å². The summed E-state index contributed by atoms with van der Waals surface area (Å²) < 4.78 is 2.14. The number of rotatable bonds is 7. The number of likely N-dealkylation sites (tertiary alicyclic amines) is 1. The van der Waals surface area contributed by atoms with Crippen LogP contribution in [0.3, 0.4) is 0 Å². The molecule has 0 radical (unpaired) electrons. The lowest BCUT2D eigenvalue weighted by Gasteiger charge is -2.33. The van der Waals surface area contributed by atoms with Crippen LogP contribution in [0.2, 0.25) is 0 Å². The van der Waals surface area contributed by atoms with Gasteiger partial charge in [-0.2, -0.15) is 0 Å². The quantitative estimate of drug-likeness (QED) is 0.413. The molecule has 186 valence electrons. The van der Waals surface area contributed by atoms with Crippen molar-refractivity contribution in [1.82, 2.24) is 24.8 Å². The van der Waals surface area contributed by atoms with Gasteiger partial charge in [-0.15, -0.1) is 0 Å². The van der Waals surface area contributed by atoms with E-state index >= 15 is 0 Å². The molecular weight excluding hydrogens is 450 g/mol. The Hall–Kier alpha value is -3.61. The fraction of sp³-hybridized carbons (Fsp3) is 0.414. The second-order valence-electron chi connectivity index (χ2n) is 10.4. The average Bonchev–Trinajstić information content (AvgIpc) is 3.27. The Labute approximate surface area is 210 Å². The van der Waals surface area contributed by atoms with E-state index in [1.165, 1.54) is 10.9 Å². The summed E-state index contributed by atoms with van der Waals surface area (Å²) in [6, 6.07) is 16.3. The molecule has 4 aromatic rings. The number of fused-ring (bicyclic) bond motifs is 2. The third-order valence-corrected chi connectivity index (χ3v) is 8.38. The van der Waals surface area contributed by atoms with Gasteiger partial charge in [-0.3, -0.25) is 9.59 Å². The number of benzene rings is 2. The van der Waals surface area contributed by atoms with E-state index in [0.29, 0.717) is 19.5 Å². The van der Waals surface area contributed by atoms with Crippen LogP contribution in [0.25, 0.3) is 21.9 Å². The molecule has 7 nitrogen and oxygen atoms in total. The van der Waals surface area contributed by atoms with Gasteiger partial charge >= 0.3 is 0 Å². The van der Waals surface area contributed by atoms with E-state index < -0.39 is 0 Å². The van der Waals surface area contributed by atoms with Gasteiger partial charge < -0.3 is 19.8 Å². The Kier molecular flexibility index (Phi) is 5.78. The number of aromatic amines is 1. The summed E-state index contributed by atoms with van der Waals surface area (Å²) in [7, 11) is 0. The van der Waals surface area contributed by atoms with Crippen LogP contribution in [-0.2, 0) is 22.6 Å². The van der Waals surface area contributed by atoms with Crippen molar-refractivity contribution in [3.8, 4) is 0 Å². The number of para-hydroxylation sites is 3. The number of carbonyl (C=O) groups excluding carboxylic acids is 2. The van der Waals surface area contributed by atoms with Crippen molar-refractivity contribution in [3.63, 3.8) is 0 Å². The molecule has 1 saturated heterocycles. The first-order chi connectivity index (χ1) is 17.5. The molecule has 0 bridgehead atoms. The maximum Gasteiger partial charge on any atom is 0.224 e. The van der Waals surface area contributed by atoms with Crippen LogP contribution in [0, 0.1) is 18.3 Å². The summed E-state index contributed by atoms with van der Waals surface area (Å²) in [5, 5.41) is 4.39. The van der Waals surface area contributed by atoms with Gasteiger partial charge in [-0.25, -0.2) is 4.98 Å². The van der Waals surface area contributed by atoms with E-state index in [4.69, 9.17) is 0 Å². The van der Waals surface area contributed by atoms with Gasteiger partial charge in [-0.1, -0.05) is 30.3 Å². The third kappa shape index (κ3) is 4.16. The van der Waals surface area contributed by atoms with Crippen molar-refractivity contribution in [2.45, 2.75) is 45.6 Å². The number of hydrogen-bond acceptors (Lipinski definition) is 3. The van der Waals surface area contributed by atoms with Gasteiger partial charge in [0, 0.05) is 55.6 Å². The normalized spacial score (nSPS) is 18.7. The molecule has 1 atom stereocenters. The van der Waals surface area contributed by atoms with Crippen molar-refractivity contribution < 1.29 is 9.59 Å². The van der Waals surface area contributed by atoms with Crippen molar-refractivity contribution in [3.05, 3.63) is 66.1 Å². The van der Waals surface area contributed by atoms with Crippen LogP contribution in [-0.4, -0.2) is 50.9 Å². The molecule has 2 aliphatic rings. The smallest absolute Gasteiger partial charge is 0.224 e. The molecule has 2 fully saturated rings. The lowest BCUT2D eigenvalue weighted by Crippen LogP contribution is -2.41. The largest absolute Gasteiger partial charge is 0.361 e. The van der Waals surface area contributed by atoms with Gasteiger partial charge in [0.1, 0.15) is 5.82 Å². The highest BCUT2D eigenvalue weighted by Crippen LogP contribution is 2.59. The highest BCUT2D eigenvalue weighted by atomic mass is 16.2. The number of aryl methyl sites for hydroxylation is 2. The van der Waals surface area contributed by atoms with Crippen LogP contribution in [0.15, 0.2) is 54.7 Å². The topological polar surface area (TPSA) is 83.0 Å². The number of nitrogens with zero attached hydrogens (tertiary/aromatic N) is 3. The zero-order valence-corrected chi connectivity index (χ0v) is 20.8. The molecule has 2 aromatic heterocycles. The number of hydrogen-bond donors (Lipinski definition) is 2. The minimum Gasteiger partial charge on any atom is -0.361 e. The fourth-order valence-electron chi connectivity index (χ4n) is 6.10. The van der Waals surface area contributed by atoms with E-state index in [1.54, 1.807) is 0 Å². The van der Waals surface area contributed by atoms with Gasteiger partial charge in [0.15, 0.2) is 0 Å². The first-order valence-electron chi connectivity index (χ1n) is 13.1. The van der Waals surface area contributed by atoms with Crippen LogP contribution >= 0.6 is 0 Å². The maximum atomic E-state index is 12.9. The zero-order chi connectivity index (χ0) is 24.7. The monoisotopic (exact) mass is 483 g/mol. The predicted octanol–water partition coefficient (Wildman–Crippen LogP) is 4.20. The molecule has 3 heterocycles. The van der Waals surface area contributed by atoms with Gasteiger partial charge in [0.05, 0.1) is 11.0 Å². The Morgan fingerprint density at radius 1 is 1.11 bits per heavy atom. The van der Waals surface area contributed by atoms with Crippen LogP contribution in [0.5, 0.6) is 0 Å². The summed E-state index contributed by atoms with van der Waals surface area (Å²) >= 11 is 0. The molecule has 0 unspecified atom stereocenters. The lowest BCUT2D eigenvalue weighted by atomic mass is 9.90. The summed E-state index contributed by atoms with van der Waals surface area (Å²) in [4.78, 5) is 35.7. The van der Waals surface area contributed by atoms with E-state index in [9.17, 15) is 9.59 Å². The standard InChI is InChI=1S/C29H33N5O2/c1-20-32-25-8-4-5-9-26(25)34(20)15-11-27(35)33-16-12-29(13-17-33)18-23(29)28(36)30-14-10-21-19-31-24-7-3-2-6-22(21)24/h2-9,19,23,31H,10-18H2,1H3,(H,30,36)/t23-/m0/s1. The molecule has 2 amide bonds. The minimum absolute atomic E-state index is 0.0951.